The fourth-order valence-electron chi connectivity index (χ4n) is 1.30. The highest BCUT2D eigenvalue weighted by atomic mass is 32.1. The topological polar surface area (TPSA) is 26.0 Å². The van der Waals surface area contributed by atoms with Crippen molar-refractivity contribution in [2.75, 3.05) is 5.73 Å². The summed E-state index contributed by atoms with van der Waals surface area (Å²) in [5.74, 6) is -3.53. The molecule has 1 rings (SSSR count). The summed E-state index contributed by atoms with van der Waals surface area (Å²) in [5, 5.41) is 0. The Hall–Kier alpha value is -1.05. The highest BCUT2D eigenvalue weighted by Crippen LogP contribution is 2.46. The highest BCUT2D eigenvalue weighted by molar-refractivity contribution is 7.80. The molecule has 0 aliphatic carbocycles. The molecule has 1 nitrogen and oxygen atoms in total. The molecule has 0 aromatic heterocycles. The van der Waals surface area contributed by atoms with Gasteiger partial charge in [-0.15, -0.1) is 12.6 Å². The van der Waals surface area contributed by atoms with Gasteiger partial charge in [-0.1, -0.05) is 6.07 Å². The molecular formula is C9H7F6NS. The van der Waals surface area contributed by atoms with Gasteiger partial charge in [-0.2, -0.15) is 26.3 Å². The molecule has 8 heteroatoms. The van der Waals surface area contributed by atoms with E-state index in [1.165, 1.54) is 0 Å². The minimum Gasteiger partial charge on any atom is -0.398 e. The minimum atomic E-state index is -5.41. The Kier molecular flexibility index (Phi) is 3.56. The third-order valence-electron chi connectivity index (χ3n) is 2.04. The Morgan fingerprint density at radius 1 is 1.00 bits per heavy atom. The van der Waals surface area contributed by atoms with Crippen LogP contribution in [0.5, 0.6) is 0 Å². The lowest BCUT2D eigenvalue weighted by Gasteiger charge is -2.23. The number of rotatable bonds is 1. The zero-order valence-electron chi connectivity index (χ0n) is 8.10. The van der Waals surface area contributed by atoms with Crippen LogP contribution in [0.25, 0.3) is 0 Å². The monoisotopic (exact) mass is 275 g/mol. The first-order valence-corrected chi connectivity index (χ1v) is 4.70. The molecule has 1 aromatic rings. The second-order valence-electron chi connectivity index (χ2n) is 3.33. The summed E-state index contributed by atoms with van der Waals surface area (Å²) in [6, 6.07) is 2.33. The molecular weight excluding hydrogens is 268 g/mol. The van der Waals surface area contributed by atoms with Gasteiger partial charge < -0.3 is 5.73 Å². The normalized spacial score (nSPS) is 13.2. The van der Waals surface area contributed by atoms with E-state index in [-0.39, 0.29) is 10.6 Å². The van der Waals surface area contributed by atoms with Gasteiger partial charge in [0.1, 0.15) is 0 Å². The van der Waals surface area contributed by atoms with E-state index in [0.29, 0.717) is 12.1 Å². The van der Waals surface area contributed by atoms with E-state index in [1.807, 2.05) is 0 Å². The zero-order valence-corrected chi connectivity index (χ0v) is 9.00. The number of nitrogens with two attached hydrogens (primary N) is 1. The highest BCUT2D eigenvalue weighted by Gasteiger charge is 2.57. The van der Waals surface area contributed by atoms with Crippen molar-refractivity contribution in [1.82, 2.24) is 0 Å². The number of anilines is 1. The molecule has 0 amide bonds. The standard InChI is InChI=1S/C9H7F6NS/c10-8(11,12)7(9(13,14)15)4-1-2-5(16)6(17)3-4/h1-3,7,17H,16H2. The van der Waals surface area contributed by atoms with Crippen molar-refractivity contribution in [2.24, 2.45) is 0 Å². The number of hydrogen-bond donors (Lipinski definition) is 2. The third-order valence-corrected chi connectivity index (χ3v) is 2.43. The molecule has 1 aromatic carbocycles. The van der Waals surface area contributed by atoms with Crippen molar-refractivity contribution < 1.29 is 26.3 Å². The second kappa shape index (κ2) is 4.32. The van der Waals surface area contributed by atoms with Gasteiger partial charge in [-0.25, -0.2) is 0 Å². The molecule has 0 aliphatic heterocycles. The summed E-state index contributed by atoms with van der Waals surface area (Å²) >= 11 is 3.69. The molecule has 0 bridgehead atoms. The van der Waals surface area contributed by atoms with Crippen LogP contribution in [-0.4, -0.2) is 12.4 Å². The first kappa shape index (κ1) is 14.0. The summed E-state index contributed by atoms with van der Waals surface area (Å²) in [5.41, 5.74) is 4.36. The zero-order chi connectivity index (χ0) is 13.4. The summed E-state index contributed by atoms with van der Waals surface area (Å²) < 4.78 is 74.1. The summed E-state index contributed by atoms with van der Waals surface area (Å²) in [6.45, 7) is 0. The first-order valence-electron chi connectivity index (χ1n) is 4.25. The molecule has 0 atom stereocenters. The van der Waals surface area contributed by atoms with Crippen molar-refractivity contribution >= 4 is 18.3 Å². The number of alkyl halides is 6. The van der Waals surface area contributed by atoms with Gasteiger partial charge in [0.2, 0.25) is 0 Å². The Morgan fingerprint density at radius 3 is 1.82 bits per heavy atom. The van der Waals surface area contributed by atoms with Crippen LogP contribution in [0.2, 0.25) is 0 Å². The Bertz CT molecular complexity index is 397. The molecule has 0 fully saturated rings. The first-order chi connectivity index (χ1) is 7.53. The lowest BCUT2D eigenvalue weighted by molar-refractivity contribution is -0.253. The Morgan fingerprint density at radius 2 is 1.47 bits per heavy atom. The number of thiol groups is 1. The summed E-state index contributed by atoms with van der Waals surface area (Å²) in [7, 11) is 0. The van der Waals surface area contributed by atoms with Crippen LogP contribution in [-0.2, 0) is 0 Å². The van der Waals surface area contributed by atoms with E-state index < -0.39 is 23.8 Å². The van der Waals surface area contributed by atoms with Gasteiger partial charge in [-0.3, -0.25) is 0 Å². The van der Waals surface area contributed by atoms with Crippen LogP contribution in [0, 0.1) is 0 Å². The van der Waals surface area contributed by atoms with Gasteiger partial charge in [0.05, 0.1) is 0 Å². The van der Waals surface area contributed by atoms with Crippen molar-refractivity contribution in [3.63, 3.8) is 0 Å². The van der Waals surface area contributed by atoms with Crippen LogP contribution >= 0.6 is 12.6 Å². The van der Waals surface area contributed by atoms with Gasteiger partial charge in [0.15, 0.2) is 5.92 Å². The Balaban J connectivity index is 3.29. The van der Waals surface area contributed by atoms with E-state index in [4.69, 9.17) is 5.73 Å². The maximum absolute atomic E-state index is 12.4. The number of hydrogen-bond acceptors (Lipinski definition) is 2. The van der Waals surface area contributed by atoms with Crippen LogP contribution < -0.4 is 5.73 Å². The van der Waals surface area contributed by atoms with E-state index in [9.17, 15) is 26.3 Å². The predicted molar refractivity (Wildman–Crippen MR) is 53.0 cm³/mol. The fraction of sp³-hybridized carbons (Fsp3) is 0.333. The average molecular weight is 275 g/mol. The molecule has 0 spiro atoms. The SMILES string of the molecule is Nc1ccc(C(C(F)(F)F)C(F)(F)F)cc1S. The largest absolute Gasteiger partial charge is 0.404 e. The smallest absolute Gasteiger partial charge is 0.398 e. The molecule has 0 saturated carbocycles. The van der Waals surface area contributed by atoms with E-state index in [0.717, 1.165) is 6.07 Å². The molecule has 96 valence electrons. The molecule has 0 unspecified atom stereocenters. The third kappa shape index (κ3) is 3.21. The lowest BCUT2D eigenvalue weighted by Crippen LogP contribution is -2.34. The predicted octanol–water partition coefficient (Wildman–Crippen LogP) is 3.77. The van der Waals surface area contributed by atoms with Gasteiger partial charge in [-0.05, 0) is 17.7 Å². The number of benzene rings is 1. The van der Waals surface area contributed by atoms with Crippen molar-refractivity contribution in [1.29, 1.82) is 0 Å². The molecule has 17 heavy (non-hydrogen) atoms. The van der Waals surface area contributed by atoms with Gasteiger partial charge in [0.25, 0.3) is 0 Å². The summed E-state index contributed by atoms with van der Waals surface area (Å²) in [6.07, 6.45) is -10.8. The molecule has 0 saturated heterocycles. The van der Waals surface area contributed by atoms with Crippen LogP contribution in [0.1, 0.15) is 11.5 Å². The van der Waals surface area contributed by atoms with Crippen molar-refractivity contribution in [3.05, 3.63) is 23.8 Å². The quantitative estimate of drug-likeness (QED) is 0.455. The minimum absolute atomic E-state index is 0.0141. The van der Waals surface area contributed by atoms with Crippen molar-refractivity contribution in [3.8, 4) is 0 Å². The maximum Gasteiger partial charge on any atom is 0.404 e. The fourth-order valence-corrected chi connectivity index (χ4v) is 1.53. The van der Waals surface area contributed by atoms with Crippen LogP contribution in [0.3, 0.4) is 0 Å². The van der Waals surface area contributed by atoms with E-state index >= 15 is 0 Å². The second-order valence-corrected chi connectivity index (χ2v) is 3.82. The van der Waals surface area contributed by atoms with Gasteiger partial charge in [0, 0.05) is 10.6 Å². The van der Waals surface area contributed by atoms with Crippen LogP contribution in [0.4, 0.5) is 32.0 Å². The summed E-state index contributed by atoms with van der Waals surface area (Å²) in [4.78, 5) is -0.124. The molecule has 2 N–H and O–H groups in total. The number of nitrogen functional groups attached to an aromatic ring is 1. The van der Waals surface area contributed by atoms with E-state index in [1.54, 1.807) is 0 Å². The van der Waals surface area contributed by atoms with Gasteiger partial charge >= 0.3 is 12.4 Å². The Labute approximate surface area is 98.0 Å². The molecule has 0 heterocycles. The lowest BCUT2D eigenvalue weighted by atomic mass is 9.97. The van der Waals surface area contributed by atoms with E-state index in [2.05, 4.69) is 12.6 Å². The van der Waals surface area contributed by atoms with Crippen LogP contribution in [0.15, 0.2) is 23.1 Å². The maximum atomic E-state index is 12.4. The molecule has 0 aliphatic rings. The number of halogens is 6. The molecule has 0 radical (unpaired) electrons. The van der Waals surface area contributed by atoms with Crippen molar-refractivity contribution in [2.45, 2.75) is 23.2 Å². The average Bonchev–Trinajstić information content (AvgIpc) is 2.06.